The van der Waals surface area contributed by atoms with Gasteiger partial charge in [0, 0.05) is 30.0 Å². The number of ketones is 1. The zero-order chi connectivity index (χ0) is 23.5. The second-order valence-corrected chi connectivity index (χ2v) is 9.14. The lowest BCUT2D eigenvalue weighted by Gasteiger charge is -2.11. The Morgan fingerprint density at radius 2 is 1.94 bits per heavy atom. The number of hydrogen-bond acceptors (Lipinski definition) is 5. The van der Waals surface area contributed by atoms with E-state index in [0.717, 1.165) is 41.7 Å². The molecule has 0 saturated heterocycles. The van der Waals surface area contributed by atoms with Crippen molar-refractivity contribution in [3.05, 3.63) is 70.3 Å². The Morgan fingerprint density at radius 1 is 1.15 bits per heavy atom. The number of carbonyl (C=O) groups excluding carboxylic acids is 1. The predicted octanol–water partition coefficient (Wildman–Crippen LogP) is 4.81. The van der Waals surface area contributed by atoms with E-state index in [9.17, 15) is 9.59 Å². The number of Topliss-reactive ketones (excluding diaryl/α,β-unsaturated/α-hetero) is 1. The summed E-state index contributed by atoms with van der Waals surface area (Å²) >= 11 is 1.35. The predicted molar refractivity (Wildman–Crippen MR) is 133 cm³/mol. The molecule has 0 radical (unpaired) electrons. The summed E-state index contributed by atoms with van der Waals surface area (Å²) in [5, 5.41) is 9.95. The molecule has 7 nitrogen and oxygen atoms in total. The molecule has 4 rings (SSSR count). The number of thioether (sulfide) groups is 1. The maximum absolute atomic E-state index is 13.1. The van der Waals surface area contributed by atoms with Crippen molar-refractivity contribution in [2.75, 3.05) is 5.75 Å². The van der Waals surface area contributed by atoms with Gasteiger partial charge in [-0.1, -0.05) is 49.7 Å². The number of allylic oxidation sites excluding steroid dienone is 1. The van der Waals surface area contributed by atoms with E-state index in [0.29, 0.717) is 29.4 Å². The van der Waals surface area contributed by atoms with Crippen molar-refractivity contribution < 1.29 is 4.79 Å². The van der Waals surface area contributed by atoms with Crippen LogP contribution in [0.1, 0.15) is 47.9 Å². The number of carbonyl (C=O) groups is 1. The molecule has 0 amide bonds. The fourth-order valence-corrected chi connectivity index (χ4v) is 5.07. The molecule has 0 fully saturated rings. The molecule has 0 bridgehead atoms. The maximum Gasteiger partial charge on any atom is 0.262 e. The molecule has 0 unspecified atom stereocenters. The normalized spacial score (nSPS) is 11.5. The van der Waals surface area contributed by atoms with Crippen molar-refractivity contribution in [3.63, 3.8) is 0 Å². The third-order valence-corrected chi connectivity index (χ3v) is 6.91. The molecule has 0 saturated carbocycles. The van der Waals surface area contributed by atoms with Crippen molar-refractivity contribution in [3.8, 4) is 0 Å². The highest BCUT2D eigenvalue weighted by atomic mass is 32.2. The Morgan fingerprint density at radius 3 is 2.70 bits per heavy atom. The molecule has 172 valence electrons. The highest BCUT2D eigenvalue weighted by Crippen LogP contribution is 2.24. The van der Waals surface area contributed by atoms with Gasteiger partial charge in [0.1, 0.15) is 0 Å². The van der Waals surface area contributed by atoms with E-state index in [2.05, 4.69) is 28.3 Å². The van der Waals surface area contributed by atoms with Crippen LogP contribution < -0.4 is 5.56 Å². The lowest BCUT2D eigenvalue weighted by Crippen LogP contribution is -2.23. The molecule has 8 heteroatoms. The number of nitrogens with zero attached hydrogens (tertiary/aromatic N) is 5. The molecule has 0 aliphatic rings. The Labute approximate surface area is 197 Å². The number of unbranched alkanes of at least 4 members (excludes halogenated alkanes) is 2. The van der Waals surface area contributed by atoms with Gasteiger partial charge in [-0.15, -0.1) is 16.8 Å². The summed E-state index contributed by atoms with van der Waals surface area (Å²) in [5.41, 5.74) is 3.41. The minimum atomic E-state index is -0.0520. The van der Waals surface area contributed by atoms with E-state index < -0.39 is 0 Å². The van der Waals surface area contributed by atoms with Gasteiger partial charge in [0.2, 0.25) is 5.78 Å². The van der Waals surface area contributed by atoms with Gasteiger partial charge in [-0.3, -0.25) is 18.6 Å². The zero-order valence-corrected chi connectivity index (χ0v) is 20.2. The van der Waals surface area contributed by atoms with E-state index in [1.165, 1.54) is 11.8 Å². The highest BCUT2D eigenvalue weighted by molar-refractivity contribution is 7.99. The second kappa shape index (κ2) is 9.79. The molecule has 0 atom stereocenters. The number of rotatable bonds is 10. The van der Waals surface area contributed by atoms with Gasteiger partial charge in [-0.2, -0.15) is 0 Å². The SMILES string of the molecule is C=CCn1c(C)cc(C(=O)CSc2nnc3n(CCCCC)c(=O)c4ccccc4n23)c1C. The number of aryl methyl sites for hydroxylation is 2. The molecule has 1 aromatic carbocycles. The monoisotopic (exact) mass is 463 g/mol. The number of hydrogen-bond donors (Lipinski definition) is 0. The summed E-state index contributed by atoms with van der Waals surface area (Å²) in [5.74, 6) is 0.803. The van der Waals surface area contributed by atoms with Crippen LogP contribution in [0.4, 0.5) is 0 Å². The molecule has 0 N–H and O–H groups in total. The number of benzene rings is 1. The first-order chi connectivity index (χ1) is 16.0. The summed E-state index contributed by atoms with van der Waals surface area (Å²) < 4.78 is 5.70. The van der Waals surface area contributed by atoms with Crippen molar-refractivity contribution >= 4 is 34.2 Å². The number of fused-ring (bicyclic) bond motifs is 3. The van der Waals surface area contributed by atoms with Gasteiger partial charge in [-0.25, -0.2) is 0 Å². The minimum Gasteiger partial charge on any atom is -0.345 e. The quantitative estimate of drug-likeness (QED) is 0.146. The second-order valence-electron chi connectivity index (χ2n) is 8.19. The first-order valence-corrected chi connectivity index (χ1v) is 12.3. The summed E-state index contributed by atoms with van der Waals surface area (Å²) in [6.45, 7) is 11.2. The molecule has 3 heterocycles. The van der Waals surface area contributed by atoms with E-state index in [-0.39, 0.29) is 17.1 Å². The van der Waals surface area contributed by atoms with Gasteiger partial charge >= 0.3 is 0 Å². The molecule has 0 spiro atoms. The molecular weight excluding hydrogens is 434 g/mol. The minimum absolute atomic E-state index is 0.0423. The fraction of sp³-hybridized carbons (Fsp3) is 0.360. The molecule has 3 aromatic heterocycles. The van der Waals surface area contributed by atoms with Crippen LogP contribution in [0.5, 0.6) is 0 Å². The zero-order valence-electron chi connectivity index (χ0n) is 19.4. The van der Waals surface area contributed by atoms with Crippen molar-refractivity contribution in [1.82, 2.24) is 23.7 Å². The van der Waals surface area contributed by atoms with Crippen LogP contribution >= 0.6 is 11.8 Å². The summed E-state index contributed by atoms with van der Waals surface area (Å²) in [7, 11) is 0. The summed E-state index contributed by atoms with van der Waals surface area (Å²) in [4.78, 5) is 26.2. The van der Waals surface area contributed by atoms with Crippen molar-refractivity contribution in [2.45, 2.75) is 58.3 Å². The Balaban J connectivity index is 1.69. The fourth-order valence-electron chi connectivity index (χ4n) is 4.25. The number of para-hydroxylation sites is 1. The van der Waals surface area contributed by atoms with Crippen molar-refractivity contribution in [1.29, 1.82) is 0 Å². The highest BCUT2D eigenvalue weighted by Gasteiger charge is 2.20. The van der Waals surface area contributed by atoms with Crippen LogP contribution in [0.15, 0.2) is 52.9 Å². The standard InChI is InChI=1S/C25H29N5O2S/c1-5-7-10-14-29-23(32)19-11-8-9-12-21(19)30-24(29)26-27-25(30)33-16-22(31)20-15-17(3)28(13-6-2)18(20)4/h6,8-9,11-12,15H,2,5,7,10,13-14,16H2,1,3-4H3. The molecule has 0 aliphatic heterocycles. The smallest absolute Gasteiger partial charge is 0.262 e. The lowest BCUT2D eigenvalue weighted by molar-refractivity contribution is 0.102. The van der Waals surface area contributed by atoms with Crippen LogP contribution in [0, 0.1) is 13.8 Å². The van der Waals surface area contributed by atoms with Crippen LogP contribution in [0.2, 0.25) is 0 Å². The van der Waals surface area contributed by atoms with E-state index in [1.54, 1.807) is 4.57 Å². The van der Waals surface area contributed by atoms with E-state index >= 15 is 0 Å². The Kier molecular flexibility index (Phi) is 6.83. The van der Waals surface area contributed by atoms with Gasteiger partial charge in [-0.05, 0) is 38.5 Å². The Bertz CT molecular complexity index is 1400. The molecule has 33 heavy (non-hydrogen) atoms. The third-order valence-electron chi connectivity index (χ3n) is 5.98. The van der Waals surface area contributed by atoms with Crippen molar-refractivity contribution in [2.24, 2.45) is 0 Å². The molecule has 4 aromatic rings. The number of aromatic nitrogens is 5. The average Bonchev–Trinajstić information content (AvgIpc) is 3.36. The van der Waals surface area contributed by atoms with Crippen LogP contribution in [-0.4, -0.2) is 35.3 Å². The van der Waals surface area contributed by atoms with E-state index in [1.807, 2.05) is 54.7 Å². The van der Waals surface area contributed by atoms with Crippen LogP contribution in [0.25, 0.3) is 16.7 Å². The van der Waals surface area contributed by atoms with Gasteiger partial charge < -0.3 is 4.57 Å². The van der Waals surface area contributed by atoms with Gasteiger partial charge in [0.25, 0.3) is 5.56 Å². The summed E-state index contributed by atoms with van der Waals surface area (Å²) in [6.07, 6.45) is 4.84. The van der Waals surface area contributed by atoms with Gasteiger partial charge in [0.15, 0.2) is 10.9 Å². The maximum atomic E-state index is 13.1. The summed E-state index contributed by atoms with van der Waals surface area (Å²) in [6, 6.07) is 9.44. The molecule has 0 aliphatic carbocycles. The Hall–Kier alpha value is -3.13. The largest absolute Gasteiger partial charge is 0.345 e. The van der Waals surface area contributed by atoms with Crippen LogP contribution in [0.3, 0.4) is 0 Å². The first kappa shape index (κ1) is 23.0. The lowest BCUT2D eigenvalue weighted by atomic mass is 10.2. The average molecular weight is 464 g/mol. The molecular formula is C25H29N5O2S. The van der Waals surface area contributed by atoms with Crippen LogP contribution in [-0.2, 0) is 13.1 Å². The third kappa shape index (κ3) is 4.27. The van der Waals surface area contributed by atoms with Gasteiger partial charge in [0.05, 0.1) is 16.7 Å². The first-order valence-electron chi connectivity index (χ1n) is 11.3. The topological polar surface area (TPSA) is 74.2 Å². The van der Waals surface area contributed by atoms with E-state index in [4.69, 9.17) is 0 Å².